The van der Waals surface area contributed by atoms with Gasteiger partial charge in [-0.15, -0.1) is 0 Å². The van der Waals surface area contributed by atoms with E-state index in [0.29, 0.717) is 5.56 Å². The zero-order chi connectivity index (χ0) is 12.4. The fourth-order valence-electron chi connectivity index (χ4n) is 1.96. The molecule has 1 aromatic carbocycles. The van der Waals surface area contributed by atoms with Crippen LogP contribution in [0.5, 0.6) is 5.75 Å². The Morgan fingerprint density at radius 2 is 2.18 bits per heavy atom. The molecule has 0 radical (unpaired) electrons. The van der Waals surface area contributed by atoms with E-state index in [4.69, 9.17) is 9.84 Å². The Hall–Kier alpha value is -1.84. The summed E-state index contributed by atoms with van der Waals surface area (Å²) in [4.78, 5) is 22.1. The molecule has 4 nitrogen and oxygen atoms in total. The van der Waals surface area contributed by atoms with Crippen LogP contribution in [0.2, 0.25) is 0 Å². The third kappa shape index (κ3) is 2.64. The monoisotopic (exact) mass is 234 g/mol. The average molecular weight is 234 g/mol. The summed E-state index contributed by atoms with van der Waals surface area (Å²) < 4.78 is 5.53. The van der Waals surface area contributed by atoms with Crippen molar-refractivity contribution < 1.29 is 19.4 Å². The molecule has 4 heteroatoms. The van der Waals surface area contributed by atoms with Crippen molar-refractivity contribution in [1.29, 1.82) is 0 Å². The molecule has 0 spiro atoms. The van der Waals surface area contributed by atoms with Crippen LogP contribution < -0.4 is 4.74 Å². The molecule has 1 heterocycles. The summed E-state index contributed by atoms with van der Waals surface area (Å²) in [5.41, 5.74) is 1.60. The Morgan fingerprint density at radius 3 is 2.88 bits per heavy atom. The topological polar surface area (TPSA) is 63.6 Å². The van der Waals surface area contributed by atoms with Crippen LogP contribution >= 0.6 is 0 Å². The van der Waals surface area contributed by atoms with Crippen molar-refractivity contribution in [3.63, 3.8) is 0 Å². The largest absolute Gasteiger partial charge is 0.490 e. The van der Waals surface area contributed by atoms with Crippen molar-refractivity contribution in [2.24, 2.45) is 0 Å². The van der Waals surface area contributed by atoms with Crippen molar-refractivity contribution in [3.05, 3.63) is 29.3 Å². The molecule has 0 bridgehead atoms. The summed E-state index contributed by atoms with van der Waals surface area (Å²) in [6.45, 7) is 1.98. The van der Waals surface area contributed by atoms with E-state index in [1.165, 1.54) is 0 Å². The van der Waals surface area contributed by atoms with Gasteiger partial charge in [-0.1, -0.05) is 0 Å². The maximum atomic E-state index is 11.7. The van der Waals surface area contributed by atoms with Crippen LogP contribution in [0.15, 0.2) is 18.2 Å². The van der Waals surface area contributed by atoms with E-state index in [9.17, 15) is 9.59 Å². The number of carbonyl (C=O) groups excluding carboxylic acids is 1. The average Bonchev–Trinajstić information content (AvgIpc) is 2.64. The highest BCUT2D eigenvalue weighted by Gasteiger charge is 2.20. The fraction of sp³-hybridized carbons (Fsp3) is 0.385. The number of benzene rings is 1. The van der Waals surface area contributed by atoms with Gasteiger partial charge in [0.25, 0.3) is 0 Å². The van der Waals surface area contributed by atoms with Gasteiger partial charge in [-0.3, -0.25) is 9.59 Å². The van der Waals surface area contributed by atoms with Crippen molar-refractivity contribution in [2.45, 2.75) is 32.3 Å². The first-order valence-corrected chi connectivity index (χ1v) is 5.61. The number of carboxylic acid groups (broad SMARTS) is 1. The first kappa shape index (κ1) is 11.6. The third-order valence-corrected chi connectivity index (χ3v) is 2.78. The van der Waals surface area contributed by atoms with Gasteiger partial charge in [0.15, 0.2) is 5.78 Å². The number of fused-ring (bicyclic) bond motifs is 1. The van der Waals surface area contributed by atoms with Gasteiger partial charge in [-0.2, -0.15) is 0 Å². The van der Waals surface area contributed by atoms with E-state index in [2.05, 4.69) is 0 Å². The lowest BCUT2D eigenvalue weighted by atomic mass is 10.0. The molecule has 0 fully saturated rings. The van der Waals surface area contributed by atoms with Crippen LogP contribution in [-0.2, 0) is 11.2 Å². The zero-order valence-electron chi connectivity index (χ0n) is 9.60. The molecular formula is C13H14O4. The molecule has 1 aromatic rings. The zero-order valence-corrected chi connectivity index (χ0v) is 9.60. The fourth-order valence-corrected chi connectivity index (χ4v) is 1.96. The van der Waals surface area contributed by atoms with Crippen molar-refractivity contribution in [3.8, 4) is 5.75 Å². The van der Waals surface area contributed by atoms with Gasteiger partial charge in [0.2, 0.25) is 0 Å². The maximum Gasteiger partial charge on any atom is 0.303 e. The summed E-state index contributed by atoms with van der Waals surface area (Å²) in [5, 5.41) is 8.53. The van der Waals surface area contributed by atoms with Gasteiger partial charge in [0.1, 0.15) is 11.9 Å². The first-order valence-electron chi connectivity index (χ1n) is 5.61. The summed E-state index contributed by atoms with van der Waals surface area (Å²) >= 11 is 0. The van der Waals surface area contributed by atoms with E-state index >= 15 is 0 Å². The second-order valence-electron chi connectivity index (χ2n) is 4.27. The lowest BCUT2D eigenvalue weighted by Crippen LogP contribution is -2.05. The Morgan fingerprint density at radius 1 is 1.41 bits per heavy atom. The lowest BCUT2D eigenvalue weighted by molar-refractivity contribution is -0.136. The van der Waals surface area contributed by atoms with Gasteiger partial charge in [-0.05, 0) is 30.7 Å². The molecule has 0 amide bonds. The van der Waals surface area contributed by atoms with Crippen LogP contribution in [0, 0.1) is 0 Å². The predicted molar refractivity (Wildman–Crippen MR) is 61.4 cm³/mol. The van der Waals surface area contributed by atoms with Gasteiger partial charge in [-0.25, -0.2) is 0 Å². The standard InChI is InChI=1S/C13H14O4/c1-8-6-10-7-9(2-4-12(10)17-8)11(14)3-5-13(15)16/h2,4,7-8H,3,5-6H2,1H3,(H,15,16). The van der Waals surface area contributed by atoms with Gasteiger partial charge < -0.3 is 9.84 Å². The number of ketones is 1. The molecule has 1 atom stereocenters. The van der Waals surface area contributed by atoms with E-state index in [-0.39, 0.29) is 24.7 Å². The molecule has 0 saturated heterocycles. The molecule has 0 aliphatic carbocycles. The maximum absolute atomic E-state index is 11.7. The highest BCUT2D eigenvalue weighted by atomic mass is 16.5. The molecule has 0 saturated carbocycles. The number of Topliss-reactive ketones (excluding diaryl/α,β-unsaturated/α-hetero) is 1. The van der Waals surface area contributed by atoms with E-state index < -0.39 is 5.97 Å². The number of rotatable bonds is 4. The highest BCUT2D eigenvalue weighted by Crippen LogP contribution is 2.29. The lowest BCUT2D eigenvalue weighted by Gasteiger charge is -2.03. The summed E-state index contributed by atoms with van der Waals surface area (Å²) in [7, 11) is 0. The summed E-state index contributed by atoms with van der Waals surface area (Å²) in [6, 6.07) is 5.29. The van der Waals surface area contributed by atoms with Gasteiger partial charge in [0.05, 0.1) is 6.42 Å². The molecule has 17 heavy (non-hydrogen) atoms. The van der Waals surface area contributed by atoms with Crippen molar-refractivity contribution in [1.82, 2.24) is 0 Å². The number of carboxylic acids is 1. The number of aliphatic carboxylic acids is 1. The predicted octanol–water partition coefficient (Wildman–Crippen LogP) is 2.06. The molecule has 90 valence electrons. The number of carbonyl (C=O) groups is 2. The van der Waals surface area contributed by atoms with Crippen LogP contribution in [0.4, 0.5) is 0 Å². The second-order valence-corrected chi connectivity index (χ2v) is 4.27. The number of hydrogen-bond acceptors (Lipinski definition) is 3. The molecule has 1 aliphatic rings. The minimum atomic E-state index is -0.948. The minimum Gasteiger partial charge on any atom is -0.490 e. The van der Waals surface area contributed by atoms with E-state index in [1.807, 2.05) is 13.0 Å². The van der Waals surface area contributed by atoms with E-state index in [1.54, 1.807) is 12.1 Å². The Balaban J connectivity index is 2.10. The Bertz CT molecular complexity index is 464. The Kier molecular flexibility index (Phi) is 3.13. The molecule has 1 N–H and O–H groups in total. The summed E-state index contributed by atoms with van der Waals surface area (Å²) in [6.07, 6.45) is 0.873. The SMILES string of the molecule is CC1Cc2cc(C(=O)CCC(=O)O)ccc2O1. The quantitative estimate of drug-likeness (QED) is 0.810. The normalized spacial score (nSPS) is 17.4. The second kappa shape index (κ2) is 4.57. The van der Waals surface area contributed by atoms with Crippen LogP contribution in [0.3, 0.4) is 0 Å². The van der Waals surface area contributed by atoms with Crippen LogP contribution in [0.1, 0.15) is 35.7 Å². The summed E-state index contributed by atoms with van der Waals surface area (Å²) in [5.74, 6) is -0.251. The molecule has 1 unspecified atom stereocenters. The minimum absolute atomic E-state index is 0.0462. The van der Waals surface area contributed by atoms with Crippen molar-refractivity contribution in [2.75, 3.05) is 0 Å². The van der Waals surface area contributed by atoms with Crippen molar-refractivity contribution >= 4 is 11.8 Å². The number of hydrogen-bond donors (Lipinski definition) is 1. The highest BCUT2D eigenvalue weighted by molar-refractivity contribution is 5.97. The Labute approximate surface area is 99.2 Å². The van der Waals surface area contributed by atoms with Crippen LogP contribution in [-0.4, -0.2) is 23.0 Å². The smallest absolute Gasteiger partial charge is 0.303 e. The van der Waals surface area contributed by atoms with Crippen LogP contribution in [0.25, 0.3) is 0 Å². The van der Waals surface area contributed by atoms with Gasteiger partial charge in [0, 0.05) is 18.4 Å². The third-order valence-electron chi connectivity index (χ3n) is 2.78. The van der Waals surface area contributed by atoms with E-state index in [0.717, 1.165) is 17.7 Å². The molecule has 2 rings (SSSR count). The molecule has 0 aromatic heterocycles. The number of ether oxygens (including phenoxy) is 1. The van der Waals surface area contributed by atoms with Gasteiger partial charge >= 0.3 is 5.97 Å². The molecule has 1 aliphatic heterocycles. The first-order chi connectivity index (χ1) is 8.06. The molecular weight excluding hydrogens is 220 g/mol.